The Morgan fingerprint density at radius 3 is 3.58 bits per heavy atom. The smallest absolute Gasteiger partial charge is 0.0579 e. The summed E-state index contributed by atoms with van der Waals surface area (Å²) >= 11 is 1.70. The van der Waals surface area contributed by atoms with Gasteiger partial charge < -0.3 is 0 Å². The number of hydrogen-bond donors (Lipinski definition) is 0. The summed E-state index contributed by atoms with van der Waals surface area (Å²) in [4.78, 5) is 0. The minimum atomic E-state index is -0.133. The van der Waals surface area contributed by atoms with Crippen molar-refractivity contribution in [2.45, 2.75) is 12.8 Å². The molecule has 0 aromatic heterocycles. The summed E-state index contributed by atoms with van der Waals surface area (Å²) in [5, 5.41) is 0. The fraction of sp³-hybridized carbons (Fsp3) is 0.455. The Bertz CT molecular complexity index is 304. The molecule has 2 atom stereocenters. The molecule has 2 aliphatic rings. The Morgan fingerprint density at radius 2 is 2.58 bits per heavy atom. The summed E-state index contributed by atoms with van der Waals surface area (Å²) in [6, 6.07) is 0.730. The van der Waals surface area contributed by atoms with Crippen LogP contribution in [0.4, 0.5) is 0 Å². The van der Waals surface area contributed by atoms with Crippen molar-refractivity contribution in [2.24, 2.45) is 5.92 Å². The first-order valence-electron chi connectivity index (χ1n) is 5.45. The van der Waals surface area contributed by atoms with E-state index in [2.05, 4.69) is 6.08 Å². The molecule has 0 spiro atoms. The third-order valence-corrected chi connectivity index (χ3v) is 3.09. The van der Waals surface area contributed by atoms with Crippen molar-refractivity contribution >= 4 is 11.8 Å². The fourth-order valence-electron chi connectivity index (χ4n) is 1.41. The normalized spacial score (nSPS) is 44.0. The highest BCUT2D eigenvalue weighted by Gasteiger charge is 2.12. The van der Waals surface area contributed by atoms with Gasteiger partial charge >= 0.3 is 0 Å². The minimum absolute atomic E-state index is 0.133. The van der Waals surface area contributed by atoms with Crippen molar-refractivity contribution in [1.82, 2.24) is 0 Å². The highest BCUT2D eigenvalue weighted by atomic mass is 32.2. The highest BCUT2D eigenvalue weighted by Crippen LogP contribution is 2.26. The first-order valence-corrected chi connectivity index (χ1v) is 5.42. The van der Waals surface area contributed by atoms with Gasteiger partial charge in [0.2, 0.25) is 0 Å². The van der Waals surface area contributed by atoms with Crippen molar-refractivity contribution in [3.8, 4) is 0 Å². The van der Waals surface area contributed by atoms with E-state index in [1.807, 2.05) is 18.2 Å². The van der Waals surface area contributed by atoms with Gasteiger partial charge in [-0.2, -0.15) is 11.8 Å². The molecule has 0 saturated carbocycles. The quantitative estimate of drug-likeness (QED) is 0.551. The molecule has 0 bridgehead atoms. The molecule has 0 aromatic rings. The van der Waals surface area contributed by atoms with Crippen molar-refractivity contribution < 1.29 is 2.74 Å². The zero-order chi connectivity index (χ0) is 9.97. The summed E-state index contributed by atoms with van der Waals surface area (Å²) in [5.74, 6) is 1.15. The van der Waals surface area contributed by atoms with Gasteiger partial charge in [-0.3, -0.25) is 0 Å². The molecule has 0 saturated heterocycles. The molecule has 64 valence electrons. The zero-order valence-electron chi connectivity index (χ0n) is 8.99. The number of fused-ring (bicyclic) bond motifs is 1. The van der Waals surface area contributed by atoms with E-state index in [9.17, 15) is 0 Å². The molecule has 0 amide bonds. The van der Waals surface area contributed by atoms with E-state index in [4.69, 9.17) is 2.74 Å². The van der Waals surface area contributed by atoms with Gasteiger partial charge in [-0.15, -0.1) is 0 Å². The average molecular weight is 180 g/mol. The molecule has 0 fully saturated rings. The lowest BCUT2D eigenvalue weighted by Gasteiger charge is -2.18. The van der Waals surface area contributed by atoms with E-state index in [-0.39, 0.29) is 11.6 Å². The molecule has 2 unspecified atom stereocenters. The number of thioether (sulfide) groups is 1. The van der Waals surface area contributed by atoms with Crippen LogP contribution < -0.4 is 0 Å². The Hall–Kier alpha value is -0.430. The molecule has 1 aliphatic carbocycles. The van der Waals surface area contributed by atoms with Crippen LogP contribution in [-0.2, 0) is 0 Å². The van der Waals surface area contributed by atoms with Crippen LogP contribution in [-0.4, -0.2) is 11.5 Å². The van der Waals surface area contributed by atoms with Gasteiger partial charge in [0.25, 0.3) is 0 Å². The summed E-state index contributed by atoms with van der Waals surface area (Å²) in [6.07, 6.45) is 9.92. The monoisotopic (exact) mass is 180 g/mol. The summed E-state index contributed by atoms with van der Waals surface area (Å²) < 4.78 is 15.9. The number of rotatable bonds is 0. The second-order valence-corrected chi connectivity index (χ2v) is 4.03. The molecule has 1 heteroatoms. The van der Waals surface area contributed by atoms with E-state index in [1.165, 1.54) is 0 Å². The molecule has 0 aromatic carbocycles. The molecular formula is C11H14S. The second kappa shape index (κ2) is 3.99. The maximum absolute atomic E-state index is 7.98. The van der Waals surface area contributed by atoms with Crippen LogP contribution in [0, 0.1) is 5.92 Å². The van der Waals surface area contributed by atoms with Crippen LogP contribution in [0.25, 0.3) is 0 Å². The molecule has 1 heterocycles. The number of hydrogen-bond acceptors (Lipinski definition) is 1. The van der Waals surface area contributed by atoms with Gasteiger partial charge in [0.05, 0.1) is 1.37 Å². The Kier molecular flexibility index (Phi) is 2.03. The first-order chi connectivity index (χ1) is 6.79. The van der Waals surface area contributed by atoms with Crippen LogP contribution in [0.2, 0.25) is 0 Å². The van der Waals surface area contributed by atoms with Crippen LogP contribution >= 0.6 is 11.8 Å². The Morgan fingerprint density at radius 1 is 1.58 bits per heavy atom. The molecule has 0 radical (unpaired) electrons. The molecule has 2 rings (SSSR count). The third kappa shape index (κ3) is 1.84. The second-order valence-electron chi connectivity index (χ2n) is 3.01. The SMILES string of the molecule is [2H]/C1=C2\C=CC=CC2C([2H])SCCC1. The topological polar surface area (TPSA) is 0 Å². The van der Waals surface area contributed by atoms with Crippen molar-refractivity contribution in [3.05, 3.63) is 35.9 Å². The van der Waals surface area contributed by atoms with Crippen molar-refractivity contribution in [1.29, 1.82) is 0 Å². The highest BCUT2D eigenvalue weighted by molar-refractivity contribution is 7.99. The number of allylic oxidation sites excluding steroid dienone is 6. The minimum Gasteiger partial charge on any atom is -0.161 e. The Labute approximate surface area is 81.2 Å². The van der Waals surface area contributed by atoms with Crippen LogP contribution in [0.1, 0.15) is 15.6 Å². The van der Waals surface area contributed by atoms with Gasteiger partial charge in [0, 0.05) is 13.0 Å². The van der Waals surface area contributed by atoms with Gasteiger partial charge in [-0.1, -0.05) is 30.4 Å². The lowest BCUT2D eigenvalue weighted by atomic mass is 9.95. The van der Waals surface area contributed by atoms with E-state index in [0.717, 1.165) is 30.2 Å². The molecule has 1 aliphatic heterocycles. The van der Waals surface area contributed by atoms with Gasteiger partial charge in [-0.05, 0) is 24.2 Å². The zero-order valence-corrected chi connectivity index (χ0v) is 7.81. The summed E-state index contributed by atoms with van der Waals surface area (Å²) in [5.41, 5.74) is 0.923. The van der Waals surface area contributed by atoms with E-state index < -0.39 is 0 Å². The predicted octanol–water partition coefficient (Wildman–Crippen LogP) is 3.18. The van der Waals surface area contributed by atoms with Crippen LogP contribution in [0.15, 0.2) is 35.9 Å². The largest absolute Gasteiger partial charge is 0.161 e. The fourth-order valence-corrected chi connectivity index (χ4v) is 2.30. The Balaban J connectivity index is 2.32. The summed E-state index contributed by atoms with van der Waals surface area (Å²) in [6.45, 7) is 0. The van der Waals surface area contributed by atoms with Crippen molar-refractivity contribution in [2.75, 3.05) is 11.5 Å². The molecular weight excluding hydrogens is 164 g/mol. The van der Waals surface area contributed by atoms with Gasteiger partial charge in [-0.25, -0.2) is 0 Å². The standard InChI is InChI=1S/C11H14S/c1-2-7-11-9-12-8-4-3-6-10(11)5-1/h1-2,5-7,11H,3-4,8-9H2/b10-6-/i6D,9D. The average Bonchev–Trinajstić information content (AvgIpc) is 2.22. The van der Waals surface area contributed by atoms with Crippen LogP contribution in [0.3, 0.4) is 0 Å². The van der Waals surface area contributed by atoms with Gasteiger partial charge in [0.15, 0.2) is 0 Å². The van der Waals surface area contributed by atoms with E-state index >= 15 is 0 Å². The lowest BCUT2D eigenvalue weighted by molar-refractivity contribution is 0.852. The summed E-state index contributed by atoms with van der Waals surface area (Å²) in [7, 11) is 0. The van der Waals surface area contributed by atoms with Crippen LogP contribution in [0.5, 0.6) is 0 Å². The molecule has 12 heavy (non-hydrogen) atoms. The predicted molar refractivity (Wildman–Crippen MR) is 56.4 cm³/mol. The van der Waals surface area contributed by atoms with E-state index in [1.54, 1.807) is 11.8 Å². The van der Waals surface area contributed by atoms with E-state index in [0.29, 0.717) is 0 Å². The molecule has 0 nitrogen and oxygen atoms in total. The van der Waals surface area contributed by atoms with Crippen molar-refractivity contribution in [3.63, 3.8) is 0 Å². The lowest BCUT2D eigenvalue weighted by Crippen LogP contribution is -2.07. The van der Waals surface area contributed by atoms with Gasteiger partial charge in [0.1, 0.15) is 0 Å². The maximum atomic E-state index is 7.98. The maximum Gasteiger partial charge on any atom is 0.0579 e. The molecule has 0 N–H and O–H groups in total. The first kappa shape index (κ1) is 6.09. The third-order valence-electron chi connectivity index (χ3n) is 2.08.